The number of benzene rings is 1. The minimum atomic E-state index is -0.0665. The first-order valence-corrected chi connectivity index (χ1v) is 12.8. The van der Waals surface area contributed by atoms with E-state index < -0.39 is 0 Å². The maximum atomic E-state index is 13.1. The number of H-pyrrole nitrogens is 1. The normalized spacial score (nSPS) is 21.5. The lowest BCUT2D eigenvalue weighted by Crippen LogP contribution is -2.40. The Kier molecular flexibility index (Phi) is 7.27. The first kappa shape index (κ1) is 24.1. The molecule has 2 saturated heterocycles. The van der Waals surface area contributed by atoms with Crippen molar-refractivity contribution in [1.82, 2.24) is 30.1 Å². The van der Waals surface area contributed by atoms with Crippen LogP contribution in [0.1, 0.15) is 62.5 Å². The van der Waals surface area contributed by atoms with Gasteiger partial charge in [-0.3, -0.25) is 9.69 Å². The maximum Gasteiger partial charge on any atom is 0.252 e. The number of fused-ring (bicyclic) bond motifs is 1. The van der Waals surface area contributed by atoms with Crippen LogP contribution in [0.2, 0.25) is 0 Å². The lowest BCUT2D eigenvalue weighted by Gasteiger charge is -2.35. The monoisotopic (exact) mass is 480 g/mol. The third-order valence-electron chi connectivity index (χ3n) is 7.16. The summed E-state index contributed by atoms with van der Waals surface area (Å²) in [5.74, 6) is 1.05. The summed E-state index contributed by atoms with van der Waals surface area (Å²) in [6.07, 6.45) is 4.47. The molecule has 9 heteroatoms. The van der Waals surface area contributed by atoms with Crippen LogP contribution in [-0.2, 0) is 22.6 Å². The lowest BCUT2D eigenvalue weighted by atomic mass is 9.99. The van der Waals surface area contributed by atoms with Crippen molar-refractivity contribution in [1.29, 1.82) is 0 Å². The lowest BCUT2D eigenvalue weighted by molar-refractivity contribution is 0.0365. The second kappa shape index (κ2) is 10.6. The first-order chi connectivity index (χ1) is 17.0. The molecule has 2 aliphatic heterocycles. The number of aromatic nitrogens is 5. The van der Waals surface area contributed by atoms with Gasteiger partial charge in [-0.1, -0.05) is 25.5 Å². The molecular weight excluding hydrogens is 444 g/mol. The number of hydrogen-bond acceptors (Lipinski definition) is 7. The van der Waals surface area contributed by atoms with Crippen LogP contribution in [0.25, 0.3) is 10.9 Å². The van der Waals surface area contributed by atoms with Crippen molar-refractivity contribution >= 4 is 10.9 Å². The van der Waals surface area contributed by atoms with Crippen molar-refractivity contribution in [3.63, 3.8) is 0 Å². The molecule has 188 valence electrons. The Labute approximate surface area is 205 Å². The van der Waals surface area contributed by atoms with E-state index in [-0.39, 0.29) is 29.7 Å². The van der Waals surface area contributed by atoms with Gasteiger partial charge in [0.25, 0.3) is 5.56 Å². The molecule has 2 fully saturated rings. The van der Waals surface area contributed by atoms with E-state index in [1.165, 1.54) is 5.56 Å². The van der Waals surface area contributed by atoms with E-state index >= 15 is 0 Å². The number of aromatic amines is 1. The Balaban J connectivity index is 1.49. The van der Waals surface area contributed by atoms with Gasteiger partial charge in [-0.25, -0.2) is 4.68 Å². The van der Waals surface area contributed by atoms with Crippen molar-refractivity contribution < 1.29 is 9.47 Å². The fourth-order valence-electron chi connectivity index (χ4n) is 5.45. The van der Waals surface area contributed by atoms with Crippen LogP contribution in [0.4, 0.5) is 0 Å². The quantitative estimate of drug-likeness (QED) is 0.501. The number of hydrogen-bond donors (Lipinski definition) is 1. The van der Waals surface area contributed by atoms with E-state index in [9.17, 15) is 4.79 Å². The molecule has 1 N–H and O–H groups in total. The Morgan fingerprint density at radius 1 is 1.14 bits per heavy atom. The zero-order valence-electron chi connectivity index (χ0n) is 20.9. The van der Waals surface area contributed by atoms with Gasteiger partial charge in [0, 0.05) is 37.4 Å². The van der Waals surface area contributed by atoms with Crippen LogP contribution in [-0.4, -0.2) is 62.1 Å². The number of ether oxygens (including phenoxy) is 2. The van der Waals surface area contributed by atoms with Gasteiger partial charge in [-0.2, -0.15) is 0 Å². The SMILES string of the molecule is Cc1ccc2[nH]c(=O)c(CN(C[C@H]3CCCO3)[C@@H](c3nnnn3C[C@@H]3CCCO3)C(C)C)cc2c1. The van der Waals surface area contributed by atoms with E-state index in [1.54, 1.807) is 0 Å². The molecule has 0 bridgehead atoms. The van der Waals surface area contributed by atoms with Gasteiger partial charge in [0.2, 0.25) is 0 Å². The molecule has 0 radical (unpaired) electrons. The second-order valence-electron chi connectivity index (χ2n) is 10.3. The van der Waals surface area contributed by atoms with Crippen LogP contribution in [0, 0.1) is 12.8 Å². The standard InChI is InChI=1S/C26H36N6O3/c1-17(2)24(25-28-29-30-32(25)16-22-7-5-11-35-22)31(15-21-6-4-10-34-21)14-20-13-19-12-18(3)8-9-23(19)27-26(20)33/h8-9,12-13,17,21-22,24H,4-7,10-11,14-16H2,1-3H3,(H,27,33)/t21-,22+,24-/m1/s1. The summed E-state index contributed by atoms with van der Waals surface area (Å²) in [7, 11) is 0. The summed E-state index contributed by atoms with van der Waals surface area (Å²) in [6, 6.07) is 8.06. The summed E-state index contributed by atoms with van der Waals surface area (Å²) in [6.45, 7) is 9.89. The highest BCUT2D eigenvalue weighted by molar-refractivity contribution is 5.79. The van der Waals surface area contributed by atoms with E-state index in [4.69, 9.17) is 9.47 Å². The maximum absolute atomic E-state index is 13.1. The second-order valence-corrected chi connectivity index (χ2v) is 10.3. The zero-order valence-corrected chi connectivity index (χ0v) is 20.9. The molecule has 0 spiro atoms. The third-order valence-corrected chi connectivity index (χ3v) is 7.16. The summed E-state index contributed by atoms with van der Waals surface area (Å²) in [4.78, 5) is 18.5. The fourth-order valence-corrected chi connectivity index (χ4v) is 5.45. The highest BCUT2D eigenvalue weighted by Gasteiger charge is 2.33. The number of nitrogens with one attached hydrogen (secondary N) is 1. The minimum absolute atomic E-state index is 0.0554. The number of aryl methyl sites for hydroxylation is 1. The van der Waals surface area contributed by atoms with E-state index in [0.717, 1.165) is 67.7 Å². The van der Waals surface area contributed by atoms with Crippen molar-refractivity contribution in [2.24, 2.45) is 5.92 Å². The van der Waals surface area contributed by atoms with Gasteiger partial charge in [0.1, 0.15) is 0 Å². The predicted octanol–water partition coefficient (Wildman–Crippen LogP) is 3.38. The van der Waals surface area contributed by atoms with Gasteiger partial charge in [0.15, 0.2) is 5.82 Å². The smallest absolute Gasteiger partial charge is 0.252 e. The molecule has 2 aliphatic rings. The molecule has 3 atom stereocenters. The Morgan fingerprint density at radius 3 is 2.63 bits per heavy atom. The van der Waals surface area contributed by atoms with Crippen LogP contribution in [0.3, 0.4) is 0 Å². The molecule has 3 aromatic rings. The van der Waals surface area contributed by atoms with Gasteiger partial charge >= 0.3 is 0 Å². The topological polar surface area (TPSA) is 98.2 Å². The van der Waals surface area contributed by atoms with Crippen LogP contribution in [0.15, 0.2) is 29.1 Å². The van der Waals surface area contributed by atoms with Crippen molar-refractivity contribution in [3.05, 3.63) is 51.6 Å². The summed E-state index contributed by atoms with van der Waals surface area (Å²) in [5, 5.41) is 13.9. The molecule has 5 rings (SSSR count). The molecular formula is C26H36N6O3. The summed E-state index contributed by atoms with van der Waals surface area (Å²) < 4.78 is 13.8. The first-order valence-electron chi connectivity index (χ1n) is 12.8. The Morgan fingerprint density at radius 2 is 1.91 bits per heavy atom. The summed E-state index contributed by atoms with van der Waals surface area (Å²) >= 11 is 0. The molecule has 0 saturated carbocycles. The van der Waals surface area contributed by atoms with Crippen LogP contribution < -0.4 is 5.56 Å². The molecule has 2 aromatic heterocycles. The van der Waals surface area contributed by atoms with Crippen molar-refractivity contribution in [2.45, 2.75) is 77.8 Å². The number of pyridine rings is 1. The average molecular weight is 481 g/mol. The largest absolute Gasteiger partial charge is 0.377 e. The van der Waals surface area contributed by atoms with Gasteiger partial charge in [-0.05, 0) is 72.5 Å². The molecule has 0 amide bonds. The van der Waals surface area contributed by atoms with E-state index in [0.29, 0.717) is 13.1 Å². The number of tetrazole rings is 1. The van der Waals surface area contributed by atoms with E-state index in [1.807, 2.05) is 22.9 Å². The van der Waals surface area contributed by atoms with Crippen molar-refractivity contribution in [2.75, 3.05) is 19.8 Å². The van der Waals surface area contributed by atoms with Gasteiger partial charge in [0.05, 0.1) is 24.8 Å². The zero-order chi connectivity index (χ0) is 24.4. The van der Waals surface area contributed by atoms with Crippen LogP contribution >= 0.6 is 0 Å². The van der Waals surface area contributed by atoms with Crippen molar-refractivity contribution in [3.8, 4) is 0 Å². The average Bonchev–Trinajstić information content (AvgIpc) is 3.59. The molecule has 0 unspecified atom stereocenters. The summed E-state index contributed by atoms with van der Waals surface area (Å²) in [5.41, 5.74) is 2.71. The van der Waals surface area contributed by atoms with Gasteiger partial charge in [-0.15, -0.1) is 5.10 Å². The predicted molar refractivity (Wildman–Crippen MR) is 133 cm³/mol. The number of nitrogens with zero attached hydrogens (tertiary/aromatic N) is 5. The molecule has 4 heterocycles. The Hall–Kier alpha value is -2.62. The fraction of sp³-hybridized carbons (Fsp3) is 0.615. The third kappa shape index (κ3) is 5.47. The number of rotatable bonds is 9. The molecule has 1 aromatic carbocycles. The van der Waals surface area contributed by atoms with E-state index in [2.05, 4.69) is 52.2 Å². The molecule has 9 nitrogen and oxygen atoms in total. The highest BCUT2D eigenvalue weighted by atomic mass is 16.5. The minimum Gasteiger partial charge on any atom is -0.377 e. The molecule has 35 heavy (non-hydrogen) atoms. The van der Waals surface area contributed by atoms with Gasteiger partial charge < -0.3 is 14.5 Å². The highest BCUT2D eigenvalue weighted by Crippen LogP contribution is 2.31. The van der Waals surface area contributed by atoms with Crippen LogP contribution in [0.5, 0.6) is 0 Å². The Bertz CT molecular complexity index is 1190. The molecule has 0 aliphatic carbocycles.